The summed E-state index contributed by atoms with van der Waals surface area (Å²) in [4.78, 5) is 35.7. The normalized spacial score (nSPS) is 13.3. The van der Waals surface area contributed by atoms with Crippen LogP contribution < -0.4 is 4.18 Å². The van der Waals surface area contributed by atoms with Crippen molar-refractivity contribution in [3.05, 3.63) is 96.6 Å². The third-order valence-corrected chi connectivity index (χ3v) is 8.06. The molecular weight excluding hydrogens is 630 g/mol. The second kappa shape index (κ2) is 10.6. The Labute approximate surface area is 260 Å². The Bertz CT molecular complexity index is 2450. The van der Waals surface area contributed by atoms with Gasteiger partial charge in [-0.15, -0.1) is 0 Å². The Kier molecular flexibility index (Phi) is 6.37. The minimum absolute atomic E-state index is 0.0962. The molecule has 0 aliphatic carbocycles. The molecule has 11 nitrogen and oxygen atoms in total. The van der Waals surface area contributed by atoms with E-state index in [1.165, 1.54) is 0 Å². The topological polar surface area (TPSA) is 158 Å². The molecule has 3 aromatic carbocycles. The zero-order valence-corrected chi connectivity index (χ0v) is 26.4. The van der Waals surface area contributed by atoms with Gasteiger partial charge in [0, 0.05) is 5.56 Å². The van der Waals surface area contributed by atoms with Crippen molar-refractivity contribution < 1.29 is 30.8 Å². The van der Waals surface area contributed by atoms with Crippen LogP contribution in [0.15, 0.2) is 78.9 Å². The van der Waals surface area contributed by atoms with Crippen molar-refractivity contribution in [3.63, 3.8) is 0 Å². The zero-order valence-electron chi connectivity index (χ0n) is 22.6. The number of nitrogens with one attached hydrogen (secondary N) is 2. The quantitative estimate of drug-likeness (QED) is 0.155. The molecule has 208 valence electrons. The van der Waals surface area contributed by atoms with Gasteiger partial charge < -0.3 is 4.55 Å². The molecule has 5 heterocycles. The van der Waals surface area contributed by atoms with Gasteiger partial charge in [-0.2, -0.15) is 0 Å². The monoisotopic (exact) mass is 644 g/mol. The Morgan fingerprint density at radius 1 is 0.727 bits per heavy atom. The van der Waals surface area contributed by atoms with Crippen molar-refractivity contribution >= 4 is 65.7 Å². The summed E-state index contributed by atoms with van der Waals surface area (Å²) in [6, 6.07) is 20.5. The molecule has 0 saturated carbocycles. The van der Waals surface area contributed by atoms with Gasteiger partial charge in [0.2, 0.25) is 0 Å². The maximum atomic E-state index is 11.6. The fraction of sp³-hybridized carbons (Fsp3) is 0. The molecule has 1 unspecified atom stereocenters. The molecule has 2 N–H and O–H groups in total. The summed E-state index contributed by atoms with van der Waals surface area (Å²) in [5.74, 6) is 1.68. The molecule has 0 saturated heterocycles. The maximum absolute atomic E-state index is 11.6. The Morgan fingerprint density at radius 2 is 1.34 bits per heavy atom. The first kappa shape index (κ1) is 26.5. The summed E-state index contributed by atoms with van der Waals surface area (Å²) in [5.41, 5.74) is 4.10. The first-order chi connectivity index (χ1) is 21.6. The molecule has 3 aromatic heterocycles. The number of nitrogens with zero attached hydrogens (tertiary/aromatic N) is 6. The number of allylic oxidation sites excluding steroid dienone is 3. The molecule has 2 aliphatic heterocycles. The molecule has 13 heteroatoms. The third-order valence-electron chi connectivity index (χ3n) is 7.18. The number of aromatic nitrogens is 8. The van der Waals surface area contributed by atoms with Crippen molar-refractivity contribution in [1.29, 1.82) is 0 Å². The van der Waals surface area contributed by atoms with Gasteiger partial charge in [-0.25, -0.2) is 4.21 Å². The van der Waals surface area contributed by atoms with E-state index in [1.54, 1.807) is 18.2 Å². The summed E-state index contributed by atoms with van der Waals surface area (Å²) >= 11 is -1.83. The van der Waals surface area contributed by atoms with Crippen molar-refractivity contribution in [2.75, 3.05) is 0 Å². The average Bonchev–Trinajstić information content (AvgIpc) is 3.76. The van der Waals surface area contributed by atoms with Crippen LogP contribution in [0.1, 0.15) is 11.6 Å². The molecule has 0 fully saturated rings. The third kappa shape index (κ3) is 4.49. The van der Waals surface area contributed by atoms with E-state index >= 15 is 0 Å². The molecule has 44 heavy (non-hydrogen) atoms. The van der Waals surface area contributed by atoms with E-state index in [9.17, 15) is 8.76 Å². The molecule has 0 spiro atoms. The van der Waals surface area contributed by atoms with Crippen LogP contribution >= 0.6 is 0 Å². The fourth-order valence-corrected chi connectivity index (χ4v) is 5.89. The van der Waals surface area contributed by atoms with E-state index in [0.717, 1.165) is 39.8 Å². The molecule has 0 amide bonds. The first-order valence-electron chi connectivity index (χ1n) is 13.4. The fourth-order valence-electron chi connectivity index (χ4n) is 5.32. The van der Waals surface area contributed by atoms with E-state index in [1.807, 2.05) is 65.3 Å². The van der Waals surface area contributed by atoms with E-state index in [-0.39, 0.29) is 5.75 Å². The molecule has 0 radical (unpaired) electrons. The second-order valence-corrected chi connectivity index (χ2v) is 11.4. The van der Waals surface area contributed by atoms with Gasteiger partial charge >= 0.3 is 223 Å². The number of aromatic amines is 2. The van der Waals surface area contributed by atoms with Crippen LogP contribution in [0, 0.1) is 6.08 Å². The Morgan fingerprint density at radius 3 is 2.07 bits per heavy atom. The van der Waals surface area contributed by atoms with Crippen molar-refractivity contribution in [3.8, 4) is 28.5 Å². The number of hydrogen-bond acceptors (Lipinski definition) is 9. The average molecular weight is 646 g/mol. The van der Waals surface area contributed by atoms with E-state index in [0.29, 0.717) is 62.2 Å². The summed E-state index contributed by atoms with van der Waals surface area (Å²) in [6.07, 6.45) is 7.06. The number of benzene rings is 3. The predicted molar refractivity (Wildman–Crippen MR) is 162 cm³/mol. The van der Waals surface area contributed by atoms with Gasteiger partial charge in [-0.05, 0) is 0 Å². The minimum atomic E-state index is -2.81. The van der Waals surface area contributed by atoms with Crippen molar-refractivity contribution in [2.24, 2.45) is 0 Å². The number of rotatable bonds is 4. The molecule has 8 bridgehead atoms. The molecule has 6 aromatic rings. The zero-order chi connectivity index (χ0) is 29.8. The van der Waals surface area contributed by atoms with Crippen LogP contribution in [0.25, 0.3) is 72.5 Å². The van der Waals surface area contributed by atoms with Crippen LogP contribution in [0.2, 0.25) is 0 Å². The summed E-state index contributed by atoms with van der Waals surface area (Å²) in [5, 5.41) is 2.75. The molecular formula is C31H16N8O3SZn-2. The van der Waals surface area contributed by atoms with Crippen LogP contribution in [-0.2, 0) is 29.2 Å². The van der Waals surface area contributed by atoms with Crippen LogP contribution in [0.5, 0.6) is 5.75 Å². The van der Waals surface area contributed by atoms with Gasteiger partial charge in [0.1, 0.15) is 0 Å². The molecule has 8 rings (SSSR count). The number of H-pyrrole nitrogens is 2. The van der Waals surface area contributed by atoms with Gasteiger partial charge in [-0.1, -0.05) is 24.3 Å². The molecule has 2 aliphatic rings. The number of fused-ring (bicyclic) bond motifs is 17. The number of hydrogen-bond donors (Lipinski definition) is 2. The summed E-state index contributed by atoms with van der Waals surface area (Å²) in [6.45, 7) is 0. The summed E-state index contributed by atoms with van der Waals surface area (Å²) < 4.78 is 30.4. The van der Waals surface area contributed by atoms with E-state index in [2.05, 4.69) is 16.0 Å². The predicted octanol–water partition coefficient (Wildman–Crippen LogP) is 4.85. The van der Waals surface area contributed by atoms with Crippen molar-refractivity contribution in [2.45, 2.75) is 0 Å². The SMILES string of the molecule is O=S([O-])Oc1cccc2c3nc4nc(nc5[nH]c(nc6nc(nc([nH]3)c12)-c1ccccc1-6)c1ccccc51)[C-]=C4/C=C\[CH]=[Zn]. The first-order valence-corrected chi connectivity index (χ1v) is 16.1. The second-order valence-electron chi connectivity index (χ2n) is 9.80. The van der Waals surface area contributed by atoms with Crippen LogP contribution in [-0.4, -0.2) is 53.2 Å². The van der Waals surface area contributed by atoms with Gasteiger partial charge in [-0.3, -0.25) is 0 Å². The molecule has 1 atom stereocenters. The van der Waals surface area contributed by atoms with Crippen LogP contribution in [0.4, 0.5) is 0 Å². The van der Waals surface area contributed by atoms with Crippen LogP contribution in [0.3, 0.4) is 0 Å². The standard InChI is InChI=1S/C31H17N8O3S.Zn/c1-2-8-16-15-23-32-25(16)34-30-21-13-7-14-22(42-43(40)41)24(21)31(39-30)38-29-20-12-6-5-11-19(20)28(37-29)36-27-18-10-4-3-9-17(18)26(33-23)35-27;/h1-14H,(H,40,41)(H2,32,33,34,35,36,37,38,39);/q-1;/p-1/b8-2-;. The van der Waals surface area contributed by atoms with Crippen molar-refractivity contribution in [1.82, 2.24) is 39.9 Å². The summed E-state index contributed by atoms with van der Waals surface area (Å²) in [7, 11) is 0. The van der Waals surface area contributed by atoms with Gasteiger partial charge in [0.15, 0.2) is 0 Å². The van der Waals surface area contributed by atoms with E-state index in [4.69, 9.17) is 34.1 Å². The Hall–Kier alpha value is -5.10. The Balaban J connectivity index is 1.57. The van der Waals surface area contributed by atoms with E-state index < -0.39 is 11.4 Å². The van der Waals surface area contributed by atoms with Gasteiger partial charge in [0.25, 0.3) is 0 Å². The van der Waals surface area contributed by atoms with Gasteiger partial charge in [0.05, 0.1) is 0 Å².